The van der Waals surface area contributed by atoms with Crippen LogP contribution in [0.25, 0.3) is 0 Å². The van der Waals surface area contributed by atoms with Crippen molar-refractivity contribution >= 4 is 28.8 Å². The molecule has 10 heteroatoms. The third-order valence-corrected chi connectivity index (χ3v) is 4.31. The summed E-state index contributed by atoms with van der Waals surface area (Å²) in [4.78, 5) is 36.9. The van der Waals surface area contributed by atoms with Gasteiger partial charge in [0.2, 0.25) is 5.75 Å². The minimum Gasteiger partial charge on any atom is -0.493 e. The number of thioether (sulfide) groups is 1. The van der Waals surface area contributed by atoms with Crippen LogP contribution < -0.4 is 25.1 Å². The van der Waals surface area contributed by atoms with Crippen molar-refractivity contribution in [2.24, 2.45) is 0 Å². The molecule has 3 amide bonds. The first-order valence-electron chi connectivity index (χ1n) is 7.31. The summed E-state index contributed by atoms with van der Waals surface area (Å²) in [7, 11) is 4.33. The SMILES string of the molecule is COc1cc(C(=O)NNC(=O)CN2CCSC2=O)cc(OC)c1OC. The van der Waals surface area contributed by atoms with Crippen LogP contribution in [0.4, 0.5) is 4.79 Å². The Hall–Kier alpha value is -2.62. The largest absolute Gasteiger partial charge is 0.493 e. The van der Waals surface area contributed by atoms with Crippen LogP contribution in [-0.2, 0) is 4.79 Å². The molecule has 0 saturated carbocycles. The van der Waals surface area contributed by atoms with Crippen LogP contribution in [0.3, 0.4) is 0 Å². The Kier molecular flexibility index (Phi) is 6.34. The van der Waals surface area contributed by atoms with Gasteiger partial charge in [-0.05, 0) is 12.1 Å². The Morgan fingerprint density at radius 2 is 1.76 bits per heavy atom. The normalized spacial score (nSPS) is 13.4. The number of hydrogen-bond donors (Lipinski definition) is 2. The second-order valence-corrected chi connectivity index (χ2v) is 6.00. The van der Waals surface area contributed by atoms with Gasteiger partial charge in [0.05, 0.1) is 21.3 Å². The van der Waals surface area contributed by atoms with Crippen LogP contribution in [-0.4, -0.2) is 62.1 Å². The number of ether oxygens (including phenoxy) is 3. The molecule has 1 aliphatic heterocycles. The highest BCUT2D eigenvalue weighted by atomic mass is 32.2. The Morgan fingerprint density at radius 3 is 2.24 bits per heavy atom. The number of hydrazine groups is 1. The van der Waals surface area contributed by atoms with E-state index in [2.05, 4.69) is 10.9 Å². The fraction of sp³-hybridized carbons (Fsp3) is 0.400. The van der Waals surface area contributed by atoms with E-state index in [1.807, 2.05) is 0 Å². The van der Waals surface area contributed by atoms with E-state index in [1.54, 1.807) is 0 Å². The lowest BCUT2D eigenvalue weighted by atomic mass is 10.1. The second kappa shape index (κ2) is 8.47. The molecule has 1 heterocycles. The van der Waals surface area contributed by atoms with Crippen LogP contribution in [0.15, 0.2) is 12.1 Å². The highest BCUT2D eigenvalue weighted by Gasteiger charge is 2.23. The van der Waals surface area contributed by atoms with Gasteiger partial charge in [-0.2, -0.15) is 0 Å². The zero-order valence-corrected chi connectivity index (χ0v) is 14.9. The van der Waals surface area contributed by atoms with Crippen molar-refractivity contribution in [3.05, 3.63) is 17.7 Å². The van der Waals surface area contributed by atoms with E-state index in [1.165, 1.54) is 38.4 Å². The predicted molar refractivity (Wildman–Crippen MR) is 91.1 cm³/mol. The molecule has 25 heavy (non-hydrogen) atoms. The third-order valence-electron chi connectivity index (χ3n) is 3.42. The first-order valence-corrected chi connectivity index (χ1v) is 8.29. The minimum atomic E-state index is -0.560. The topological polar surface area (TPSA) is 106 Å². The summed E-state index contributed by atoms with van der Waals surface area (Å²) in [6, 6.07) is 2.92. The fourth-order valence-corrected chi connectivity index (χ4v) is 3.02. The smallest absolute Gasteiger partial charge is 0.282 e. The highest BCUT2D eigenvalue weighted by Crippen LogP contribution is 2.38. The molecule has 0 unspecified atom stereocenters. The average molecular weight is 369 g/mol. The van der Waals surface area contributed by atoms with Crippen molar-refractivity contribution < 1.29 is 28.6 Å². The number of carbonyl (C=O) groups excluding carboxylic acids is 3. The van der Waals surface area contributed by atoms with Crippen molar-refractivity contribution in [3.63, 3.8) is 0 Å². The molecule has 9 nitrogen and oxygen atoms in total. The lowest BCUT2D eigenvalue weighted by molar-refractivity contribution is -0.122. The summed E-state index contributed by atoms with van der Waals surface area (Å²) in [6.07, 6.45) is 0. The van der Waals surface area contributed by atoms with Crippen molar-refractivity contribution in [2.75, 3.05) is 40.2 Å². The predicted octanol–water partition coefficient (Wildman–Crippen LogP) is 0.642. The van der Waals surface area contributed by atoms with E-state index in [0.717, 1.165) is 11.8 Å². The lowest BCUT2D eigenvalue weighted by Crippen LogP contribution is -2.46. The average Bonchev–Trinajstić information content (AvgIpc) is 3.02. The van der Waals surface area contributed by atoms with E-state index < -0.39 is 11.8 Å². The molecule has 1 aliphatic rings. The molecule has 0 radical (unpaired) electrons. The first kappa shape index (κ1) is 18.7. The zero-order chi connectivity index (χ0) is 18.4. The van der Waals surface area contributed by atoms with Crippen molar-refractivity contribution in [1.29, 1.82) is 0 Å². The molecule has 1 fully saturated rings. The molecule has 0 aliphatic carbocycles. The van der Waals surface area contributed by atoms with Gasteiger partial charge >= 0.3 is 0 Å². The van der Waals surface area contributed by atoms with Gasteiger partial charge in [0.15, 0.2) is 11.5 Å². The number of methoxy groups -OCH3 is 3. The molecule has 2 rings (SSSR count). The van der Waals surface area contributed by atoms with Crippen LogP contribution in [0.2, 0.25) is 0 Å². The molecule has 0 bridgehead atoms. The quantitative estimate of drug-likeness (QED) is 0.709. The van der Waals surface area contributed by atoms with Gasteiger partial charge in [0.1, 0.15) is 6.54 Å². The number of nitrogens with one attached hydrogen (secondary N) is 2. The Bertz CT molecular complexity index is 656. The van der Waals surface area contributed by atoms with E-state index >= 15 is 0 Å². The monoisotopic (exact) mass is 369 g/mol. The summed E-state index contributed by atoms with van der Waals surface area (Å²) < 4.78 is 15.5. The molecule has 1 aromatic carbocycles. The highest BCUT2D eigenvalue weighted by molar-refractivity contribution is 8.13. The maximum atomic E-state index is 12.2. The van der Waals surface area contributed by atoms with E-state index in [4.69, 9.17) is 14.2 Å². The molecule has 2 N–H and O–H groups in total. The molecular formula is C15H19N3O6S. The number of amides is 3. The molecular weight excluding hydrogens is 350 g/mol. The zero-order valence-electron chi connectivity index (χ0n) is 14.1. The van der Waals surface area contributed by atoms with Gasteiger partial charge in [-0.25, -0.2) is 0 Å². The summed E-state index contributed by atoms with van der Waals surface area (Å²) in [6.45, 7) is 0.402. The maximum absolute atomic E-state index is 12.2. The standard InChI is InChI=1S/C15H19N3O6S/c1-22-10-6-9(7-11(23-2)13(10)24-3)14(20)17-16-12(19)8-18-4-5-25-15(18)21/h6-7H,4-5,8H2,1-3H3,(H,16,19)(H,17,20). The van der Waals surface area contributed by atoms with Gasteiger partial charge in [0, 0.05) is 17.9 Å². The van der Waals surface area contributed by atoms with Crippen molar-refractivity contribution in [2.45, 2.75) is 0 Å². The second-order valence-electron chi connectivity index (χ2n) is 4.95. The Labute approximate surface area is 148 Å². The summed E-state index contributed by atoms with van der Waals surface area (Å²) in [5.41, 5.74) is 4.78. The van der Waals surface area contributed by atoms with Crippen molar-refractivity contribution in [1.82, 2.24) is 15.8 Å². The molecule has 1 saturated heterocycles. The number of rotatable bonds is 6. The number of benzene rings is 1. The van der Waals surface area contributed by atoms with Gasteiger partial charge in [-0.1, -0.05) is 11.8 Å². The summed E-state index contributed by atoms with van der Waals surface area (Å²) >= 11 is 1.16. The Morgan fingerprint density at radius 1 is 1.12 bits per heavy atom. The van der Waals surface area contributed by atoms with Crippen LogP contribution in [0.1, 0.15) is 10.4 Å². The maximum Gasteiger partial charge on any atom is 0.282 e. The van der Waals surface area contributed by atoms with Crippen molar-refractivity contribution in [3.8, 4) is 17.2 Å². The molecule has 1 aromatic rings. The third kappa shape index (κ3) is 4.47. The van der Waals surface area contributed by atoms with Crippen LogP contribution in [0, 0.1) is 0 Å². The Balaban J connectivity index is 2.00. The summed E-state index contributed by atoms with van der Waals surface area (Å²) in [5, 5.41) is -0.147. The fourth-order valence-electron chi connectivity index (χ4n) is 2.19. The van der Waals surface area contributed by atoms with E-state index in [9.17, 15) is 14.4 Å². The minimum absolute atomic E-state index is 0.110. The van der Waals surface area contributed by atoms with Gasteiger partial charge in [0.25, 0.3) is 17.1 Å². The number of carbonyl (C=O) groups is 3. The number of nitrogens with zero attached hydrogens (tertiary/aromatic N) is 1. The van der Waals surface area contributed by atoms with Gasteiger partial charge < -0.3 is 19.1 Å². The van der Waals surface area contributed by atoms with Crippen LogP contribution >= 0.6 is 11.8 Å². The summed E-state index contributed by atoms with van der Waals surface area (Å²) in [5.74, 6) is 0.599. The molecule has 136 valence electrons. The first-order chi connectivity index (χ1) is 12.0. The van der Waals surface area contributed by atoms with Gasteiger partial charge in [-0.3, -0.25) is 25.2 Å². The van der Waals surface area contributed by atoms with E-state index in [-0.39, 0.29) is 17.3 Å². The molecule has 0 atom stereocenters. The van der Waals surface area contributed by atoms with E-state index in [0.29, 0.717) is 29.5 Å². The molecule has 0 aromatic heterocycles. The lowest BCUT2D eigenvalue weighted by Gasteiger charge is -2.16. The molecule has 0 spiro atoms. The number of hydrogen-bond acceptors (Lipinski definition) is 7. The van der Waals surface area contributed by atoms with Crippen LogP contribution in [0.5, 0.6) is 17.2 Å². The van der Waals surface area contributed by atoms with Gasteiger partial charge in [-0.15, -0.1) is 0 Å².